The van der Waals surface area contributed by atoms with E-state index in [4.69, 9.17) is 0 Å². The number of hydrogen-bond donors (Lipinski definition) is 0. The Hall–Kier alpha value is -2.76. The fourth-order valence-corrected chi connectivity index (χ4v) is 1.88. The first-order chi connectivity index (χ1) is 10.5. The molecule has 0 spiro atoms. The van der Waals surface area contributed by atoms with Crippen LogP contribution in [0.15, 0.2) is 36.5 Å². The highest BCUT2D eigenvalue weighted by Crippen LogP contribution is 2.31. The van der Waals surface area contributed by atoms with E-state index in [2.05, 4.69) is 9.72 Å². The lowest BCUT2D eigenvalue weighted by Crippen LogP contribution is -2.03. The first-order valence-corrected chi connectivity index (χ1v) is 6.82. The van der Waals surface area contributed by atoms with Gasteiger partial charge in [0.05, 0.1) is 23.2 Å². The molecule has 0 aliphatic carbocycles. The van der Waals surface area contributed by atoms with Gasteiger partial charge in [0.1, 0.15) is 0 Å². The molecule has 0 aliphatic rings. The maximum atomic E-state index is 11.4. The van der Waals surface area contributed by atoms with E-state index in [-0.39, 0.29) is 11.3 Å². The average molecular weight is 302 g/mol. The number of ether oxygens (including phenoxy) is 1. The molecule has 116 valence electrons. The first-order valence-electron chi connectivity index (χ1n) is 6.82. The number of aromatic nitrogens is 1. The van der Waals surface area contributed by atoms with E-state index in [1.54, 1.807) is 31.3 Å². The van der Waals surface area contributed by atoms with Gasteiger partial charge >= 0.3 is 5.97 Å². The molecule has 1 aromatic heterocycles. The SMILES string of the molecule is CC.COC(=O)c1ccc(-c2ccnc(C)c2)c([N+](=O)[O-])c1. The quantitative estimate of drug-likeness (QED) is 0.489. The van der Waals surface area contributed by atoms with Crippen LogP contribution >= 0.6 is 0 Å². The molecule has 6 nitrogen and oxygen atoms in total. The Labute approximate surface area is 128 Å². The van der Waals surface area contributed by atoms with Crippen molar-refractivity contribution in [1.29, 1.82) is 0 Å². The summed E-state index contributed by atoms with van der Waals surface area (Å²) in [7, 11) is 1.23. The van der Waals surface area contributed by atoms with Crippen molar-refractivity contribution < 1.29 is 14.5 Å². The summed E-state index contributed by atoms with van der Waals surface area (Å²) in [5.74, 6) is -0.606. The maximum absolute atomic E-state index is 11.4. The number of methoxy groups -OCH3 is 1. The summed E-state index contributed by atoms with van der Waals surface area (Å²) >= 11 is 0. The number of nitro groups is 1. The van der Waals surface area contributed by atoms with Gasteiger partial charge in [0.25, 0.3) is 5.69 Å². The van der Waals surface area contributed by atoms with Crippen molar-refractivity contribution in [3.8, 4) is 11.1 Å². The standard InChI is InChI=1S/C14H12N2O4.C2H6/c1-9-7-10(5-6-15-9)12-4-3-11(14(17)20-2)8-13(12)16(18)19;1-2/h3-8H,1-2H3;1-2H3. The number of nitrogens with zero attached hydrogens (tertiary/aromatic N) is 2. The molecular formula is C16H18N2O4. The van der Waals surface area contributed by atoms with Gasteiger partial charge in [0, 0.05) is 18.0 Å². The van der Waals surface area contributed by atoms with Crippen LogP contribution in [0.25, 0.3) is 11.1 Å². The third-order valence-corrected chi connectivity index (χ3v) is 2.82. The molecule has 0 saturated carbocycles. The zero-order chi connectivity index (χ0) is 16.7. The Kier molecular flexibility index (Phi) is 6.19. The summed E-state index contributed by atoms with van der Waals surface area (Å²) < 4.78 is 4.56. The summed E-state index contributed by atoms with van der Waals surface area (Å²) in [6.45, 7) is 5.80. The first kappa shape index (κ1) is 17.3. The summed E-state index contributed by atoms with van der Waals surface area (Å²) in [5.41, 5.74) is 1.88. The minimum absolute atomic E-state index is 0.140. The monoisotopic (exact) mass is 302 g/mol. The molecule has 22 heavy (non-hydrogen) atoms. The van der Waals surface area contributed by atoms with E-state index in [0.29, 0.717) is 11.1 Å². The lowest BCUT2D eigenvalue weighted by atomic mass is 10.0. The number of carbonyl (C=O) groups is 1. The third-order valence-electron chi connectivity index (χ3n) is 2.82. The van der Waals surface area contributed by atoms with Gasteiger partial charge in [-0.1, -0.05) is 13.8 Å². The summed E-state index contributed by atoms with van der Waals surface area (Å²) in [6.07, 6.45) is 1.59. The van der Waals surface area contributed by atoms with Gasteiger partial charge in [0.2, 0.25) is 0 Å². The second kappa shape index (κ2) is 7.87. The zero-order valence-corrected chi connectivity index (χ0v) is 13.0. The Bertz CT molecular complexity index is 684. The molecule has 0 atom stereocenters. The number of rotatable bonds is 3. The molecule has 1 heterocycles. The summed E-state index contributed by atoms with van der Waals surface area (Å²) in [4.78, 5) is 26.2. The number of pyridine rings is 1. The minimum atomic E-state index is -0.606. The molecule has 0 unspecified atom stereocenters. The fraction of sp³-hybridized carbons (Fsp3) is 0.250. The molecule has 0 amide bonds. The van der Waals surface area contributed by atoms with Crippen LogP contribution in [0.1, 0.15) is 29.9 Å². The second-order valence-corrected chi connectivity index (χ2v) is 4.17. The maximum Gasteiger partial charge on any atom is 0.338 e. The van der Waals surface area contributed by atoms with Crippen molar-refractivity contribution in [2.75, 3.05) is 7.11 Å². The van der Waals surface area contributed by atoms with Gasteiger partial charge in [-0.15, -0.1) is 0 Å². The van der Waals surface area contributed by atoms with E-state index in [0.717, 1.165) is 5.69 Å². The summed E-state index contributed by atoms with van der Waals surface area (Å²) in [5, 5.41) is 11.2. The molecule has 2 aromatic rings. The normalized spacial score (nSPS) is 9.45. The number of esters is 1. The van der Waals surface area contributed by atoms with Gasteiger partial charge in [-0.25, -0.2) is 4.79 Å². The molecule has 0 bridgehead atoms. The van der Waals surface area contributed by atoms with Gasteiger partial charge in [0.15, 0.2) is 0 Å². The van der Waals surface area contributed by atoms with Gasteiger partial charge < -0.3 is 4.74 Å². The van der Waals surface area contributed by atoms with Crippen LogP contribution in [0, 0.1) is 17.0 Å². The van der Waals surface area contributed by atoms with E-state index >= 15 is 0 Å². The van der Waals surface area contributed by atoms with Crippen LogP contribution in [-0.2, 0) is 4.74 Å². The van der Waals surface area contributed by atoms with Crippen LogP contribution in [-0.4, -0.2) is 23.0 Å². The Morgan fingerprint density at radius 3 is 2.45 bits per heavy atom. The molecule has 0 radical (unpaired) electrons. The second-order valence-electron chi connectivity index (χ2n) is 4.17. The predicted molar refractivity (Wildman–Crippen MR) is 83.8 cm³/mol. The molecular weight excluding hydrogens is 284 g/mol. The van der Waals surface area contributed by atoms with Gasteiger partial charge in [-0.2, -0.15) is 0 Å². The van der Waals surface area contributed by atoms with E-state index < -0.39 is 10.9 Å². The van der Waals surface area contributed by atoms with Crippen LogP contribution in [0.3, 0.4) is 0 Å². The number of hydrogen-bond acceptors (Lipinski definition) is 5. The van der Waals surface area contributed by atoms with Crippen molar-refractivity contribution in [2.24, 2.45) is 0 Å². The lowest BCUT2D eigenvalue weighted by Gasteiger charge is -2.06. The topological polar surface area (TPSA) is 82.3 Å². The van der Waals surface area contributed by atoms with Crippen LogP contribution < -0.4 is 0 Å². The van der Waals surface area contributed by atoms with Gasteiger partial charge in [-0.3, -0.25) is 15.1 Å². The molecule has 6 heteroatoms. The smallest absolute Gasteiger partial charge is 0.338 e. The van der Waals surface area contributed by atoms with Crippen molar-refractivity contribution in [2.45, 2.75) is 20.8 Å². The van der Waals surface area contributed by atoms with Crippen LogP contribution in [0.4, 0.5) is 5.69 Å². The van der Waals surface area contributed by atoms with E-state index in [1.807, 2.05) is 13.8 Å². The van der Waals surface area contributed by atoms with E-state index in [1.165, 1.54) is 19.2 Å². The van der Waals surface area contributed by atoms with Crippen molar-refractivity contribution in [3.63, 3.8) is 0 Å². The minimum Gasteiger partial charge on any atom is -0.465 e. The molecule has 1 aromatic carbocycles. The molecule has 0 fully saturated rings. The Balaban J connectivity index is 0.00000116. The predicted octanol–water partition coefficient (Wildman–Crippen LogP) is 3.78. The highest BCUT2D eigenvalue weighted by atomic mass is 16.6. The molecule has 0 N–H and O–H groups in total. The highest BCUT2D eigenvalue weighted by molar-refractivity contribution is 5.92. The van der Waals surface area contributed by atoms with E-state index in [9.17, 15) is 14.9 Å². The number of aryl methyl sites for hydroxylation is 1. The lowest BCUT2D eigenvalue weighted by molar-refractivity contribution is -0.384. The van der Waals surface area contributed by atoms with Gasteiger partial charge in [-0.05, 0) is 36.8 Å². The fourth-order valence-electron chi connectivity index (χ4n) is 1.88. The average Bonchev–Trinajstić information content (AvgIpc) is 2.55. The third kappa shape index (κ3) is 3.88. The van der Waals surface area contributed by atoms with Crippen molar-refractivity contribution in [1.82, 2.24) is 4.98 Å². The molecule has 0 aliphatic heterocycles. The van der Waals surface area contributed by atoms with Crippen LogP contribution in [0.2, 0.25) is 0 Å². The largest absolute Gasteiger partial charge is 0.465 e. The highest BCUT2D eigenvalue weighted by Gasteiger charge is 2.19. The summed E-state index contributed by atoms with van der Waals surface area (Å²) in [6, 6.07) is 7.70. The Morgan fingerprint density at radius 1 is 1.23 bits per heavy atom. The Morgan fingerprint density at radius 2 is 1.91 bits per heavy atom. The molecule has 2 rings (SSSR count). The van der Waals surface area contributed by atoms with Crippen LogP contribution in [0.5, 0.6) is 0 Å². The molecule has 0 saturated heterocycles. The number of carbonyl (C=O) groups excluding carboxylic acids is 1. The number of nitro benzene ring substituents is 1. The van der Waals surface area contributed by atoms with Crippen molar-refractivity contribution in [3.05, 3.63) is 57.9 Å². The zero-order valence-electron chi connectivity index (χ0n) is 13.0. The van der Waals surface area contributed by atoms with Crippen molar-refractivity contribution >= 4 is 11.7 Å². The number of benzene rings is 1.